The third kappa shape index (κ3) is 3.72. The molecule has 0 spiro atoms. The smallest absolute Gasteiger partial charge is 0.253 e. The molecule has 0 unspecified atom stereocenters. The molecule has 1 N–H and O–H groups in total. The van der Waals surface area contributed by atoms with E-state index in [-0.39, 0.29) is 5.91 Å². The molecule has 0 aliphatic carbocycles. The minimum atomic E-state index is -0.000701. The van der Waals surface area contributed by atoms with Crippen LogP contribution >= 0.6 is 11.8 Å². The van der Waals surface area contributed by atoms with Crippen molar-refractivity contribution in [2.75, 3.05) is 11.6 Å². The summed E-state index contributed by atoms with van der Waals surface area (Å²) in [5.74, 6) is 0.604. The molecule has 7 heteroatoms. The van der Waals surface area contributed by atoms with E-state index in [2.05, 4.69) is 26.4 Å². The summed E-state index contributed by atoms with van der Waals surface area (Å²) in [5, 5.41) is 8.15. The van der Waals surface area contributed by atoms with Gasteiger partial charge in [0, 0.05) is 23.5 Å². The summed E-state index contributed by atoms with van der Waals surface area (Å²) in [6, 6.07) is 6.02. The molecule has 0 aliphatic rings. The van der Waals surface area contributed by atoms with Crippen LogP contribution in [0.4, 0.5) is 5.69 Å². The zero-order valence-corrected chi connectivity index (χ0v) is 16.6. The Labute approximate surface area is 157 Å². The van der Waals surface area contributed by atoms with Gasteiger partial charge >= 0.3 is 0 Å². The van der Waals surface area contributed by atoms with Crippen LogP contribution in [0.15, 0.2) is 23.4 Å². The van der Waals surface area contributed by atoms with E-state index >= 15 is 0 Å². The highest BCUT2D eigenvalue weighted by Gasteiger charge is 2.14. The highest BCUT2D eigenvalue weighted by molar-refractivity contribution is 7.98. The summed E-state index contributed by atoms with van der Waals surface area (Å²) < 4.78 is 1.76. The standard InChI is InChI=1S/C19H23N5OS/c1-11-6-8-16(12(2)10-11)21-17(25)9-7-15-13(3)20-18-22-19(26-5)23-24(18)14(15)4/h6,8,10H,7,9H2,1-5H3,(H,21,25). The zero-order chi connectivity index (χ0) is 18.8. The maximum atomic E-state index is 12.4. The number of anilines is 1. The fraction of sp³-hybridized carbons (Fsp3) is 0.368. The second-order valence-electron chi connectivity index (χ2n) is 6.44. The normalized spacial score (nSPS) is 11.1. The average molecular weight is 369 g/mol. The summed E-state index contributed by atoms with van der Waals surface area (Å²) in [7, 11) is 0. The van der Waals surface area contributed by atoms with Gasteiger partial charge in [0.05, 0.1) is 0 Å². The first-order chi connectivity index (χ1) is 12.4. The predicted molar refractivity (Wildman–Crippen MR) is 105 cm³/mol. The van der Waals surface area contributed by atoms with Gasteiger partial charge in [-0.3, -0.25) is 4.79 Å². The molecule has 0 radical (unpaired) electrons. The first-order valence-corrected chi connectivity index (χ1v) is 9.75. The fourth-order valence-corrected chi connectivity index (χ4v) is 3.38. The Kier molecular flexibility index (Phi) is 5.27. The van der Waals surface area contributed by atoms with E-state index in [1.165, 1.54) is 17.3 Å². The SMILES string of the molecule is CSc1nc2nc(C)c(CCC(=O)Nc3ccc(C)cc3C)c(C)n2n1. The lowest BCUT2D eigenvalue weighted by Gasteiger charge is -2.12. The number of carbonyl (C=O) groups excluding carboxylic acids is 1. The Balaban J connectivity index is 1.75. The van der Waals surface area contributed by atoms with Gasteiger partial charge in [0.2, 0.25) is 11.1 Å². The number of benzene rings is 1. The molecule has 1 amide bonds. The molecule has 0 saturated carbocycles. The fourth-order valence-electron chi connectivity index (χ4n) is 3.04. The van der Waals surface area contributed by atoms with Crippen molar-refractivity contribution in [1.29, 1.82) is 0 Å². The lowest BCUT2D eigenvalue weighted by molar-refractivity contribution is -0.116. The number of hydrogen-bond donors (Lipinski definition) is 1. The quantitative estimate of drug-likeness (QED) is 0.695. The lowest BCUT2D eigenvalue weighted by atomic mass is 10.1. The first-order valence-electron chi connectivity index (χ1n) is 8.53. The molecule has 0 saturated heterocycles. The van der Waals surface area contributed by atoms with E-state index in [9.17, 15) is 4.79 Å². The van der Waals surface area contributed by atoms with Gasteiger partial charge in [0.1, 0.15) is 0 Å². The predicted octanol–water partition coefficient (Wildman–Crippen LogP) is 3.65. The van der Waals surface area contributed by atoms with E-state index in [0.29, 0.717) is 23.8 Å². The molecule has 2 heterocycles. The van der Waals surface area contributed by atoms with E-state index < -0.39 is 0 Å². The Morgan fingerprint density at radius 3 is 2.65 bits per heavy atom. The molecule has 136 valence electrons. The van der Waals surface area contributed by atoms with E-state index in [4.69, 9.17) is 0 Å². The molecule has 0 aliphatic heterocycles. The molecule has 3 aromatic rings. The molecular formula is C19H23N5OS. The van der Waals surface area contributed by atoms with Crippen LogP contribution in [0.2, 0.25) is 0 Å². The van der Waals surface area contributed by atoms with Crippen molar-refractivity contribution >= 4 is 29.1 Å². The number of aromatic nitrogens is 4. The van der Waals surface area contributed by atoms with Crippen LogP contribution in [0.3, 0.4) is 0 Å². The lowest BCUT2D eigenvalue weighted by Crippen LogP contribution is -2.15. The van der Waals surface area contributed by atoms with Crippen molar-refractivity contribution in [3.8, 4) is 0 Å². The summed E-state index contributed by atoms with van der Waals surface area (Å²) in [4.78, 5) is 21.3. The van der Waals surface area contributed by atoms with Crippen LogP contribution in [0.5, 0.6) is 0 Å². The minimum absolute atomic E-state index is 0.000701. The van der Waals surface area contributed by atoms with Crippen LogP contribution in [0, 0.1) is 27.7 Å². The topological polar surface area (TPSA) is 72.2 Å². The molecule has 3 rings (SSSR count). The van der Waals surface area contributed by atoms with Crippen molar-refractivity contribution < 1.29 is 4.79 Å². The van der Waals surface area contributed by atoms with Crippen molar-refractivity contribution in [1.82, 2.24) is 19.6 Å². The molecule has 1 aromatic carbocycles. The maximum Gasteiger partial charge on any atom is 0.253 e. The van der Waals surface area contributed by atoms with Crippen LogP contribution in [0.25, 0.3) is 5.78 Å². The van der Waals surface area contributed by atoms with Gasteiger partial charge in [-0.05, 0) is 57.6 Å². The number of hydrogen-bond acceptors (Lipinski definition) is 5. The molecule has 0 fully saturated rings. The van der Waals surface area contributed by atoms with E-state index in [1.54, 1.807) is 4.52 Å². The molecular weight excluding hydrogens is 346 g/mol. The highest BCUT2D eigenvalue weighted by Crippen LogP contribution is 2.19. The summed E-state index contributed by atoms with van der Waals surface area (Å²) in [6.07, 6.45) is 2.95. The Hall–Kier alpha value is -2.41. The van der Waals surface area contributed by atoms with E-state index in [1.807, 2.05) is 46.1 Å². The number of aryl methyl sites for hydroxylation is 4. The second-order valence-corrected chi connectivity index (χ2v) is 7.21. The van der Waals surface area contributed by atoms with Gasteiger partial charge in [-0.2, -0.15) is 4.98 Å². The molecule has 26 heavy (non-hydrogen) atoms. The number of fused-ring (bicyclic) bond motifs is 1. The first kappa shape index (κ1) is 18.4. The number of amides is 1. The van der Waals surface area contributed by atoms with Crippen LogP contribution < -0.4 is 5.32 Å². The van der Waals surface area contributed by atoms with Crippen molar-refractivity contribution in [3.05, 3.63) is 46.3 Å². The van der Waals surface area contributed by atoms with Crippen LogP contribution in [-0.2, 0) is 11.2 Å². The number of carbonyl (C=O) groups is 1. The molecule has 0 atom stereocenters. The highest BCUT2D eigenvalue weighted by atomic mass is 32.2. The second kappa shape index (κ2) is 7.45. The summed E-state index contributed by atoms with van der Waals surface area (Å²) in [6.45, 7) is 8.00. The van der Waals surface area contributed by atoms with Gasteiger partial charge in [0.15, 0.2) is 0 Å². The van der Waals surface area contributed by atoms with Gasteiger partial charge in [-0.25, -0.2) is 9.50 Å². The molecule has 2 aromatic heterocycles. The number of rotatable bonds is 5. The largest absolute Gasteiger partial charge is 0.326 e. The van der Waals surface area contributed by atoms with Crippen LogP contribution in [-0.4, -0.2) is 31.7 Å². The van der Waals surface area contributed by atoms with Crippen molar-refractivity contribution in [3.63, 3.8) is 0 Å². The maximum absolute atomic E-state index is 12.4. The number of nitrogens with one attached hydrogen (secondary N) is 1. The monoisotopic (exact) mass is 369 g/mol. The van der Waals surface area contributed by atoms with Gasteiger partial charge < -0.3 is 5.32 Å². The zero-order valence-electron chi connectivity index (χ0n) is 15.8. The minimum Gasteiger partial charge on any atom is -0.326 e. The third-order valence-corrected chi connectivity index (χ3v) is 5.01. The van der Waals surface area contributed by atoms with Gasteiger partial charge in [-0.15, -0.1) is 5.10 Å². The summed E-state index contributed by atoms with van der Waals surface area (Å²) in [5.41, 5.74) is 6.05. The third-order valence-electron chi connectivity index (χ3n) is 4.47. The Morgan fingerprint density at radius 1 is 1.19 bits per heavy atom. The van der Waals surface area contributed by atoms with Gasteiger partial charge in [-0.1, -0.05) is 29.5 Å². The average Bonchev–Trinajstić information content (AvgIpc) is 3.00. The molecule has 6 nitrogen and oxygen atoms in total. The van der Waals surface area contributed by atoms with Crippen LogP contribution in [0.1, 0.15) is 34.5 Å². The van der Waals surface area contributed by atoms with Gasteiger partial charge in [0.25, 0.3) is 5.78 Å². The Morgan fingerprint density at radius 2 is 1.96 bits per heavy atom. The summed E-state index contributed by atoms with van der Waals surface area (Å²) >= 11 is 1.49. The number of thioether (sulfide) groups is 1. The molecule has 0 bridgehead atoms. The number of nitrogens with zero attached hydrogens (tertiary/aromatic N) is 4. The van der Waals surface area contributed by atoms with E-state index in [0.717, 1.165) is 28.2 Å². The van der Waals surface area contributed by atoms with Crippen molar-refractivity contribution in [2.45, 2.75) is 45.7 Å². The van der Waals surface area contributed by atoms with Crippen molar-refractivity contribution in [2.24, 2.45) is 0 Å². The Bertz CT molecular complexity index is 980.